The first-order valence-corrected chi connectivity index (χ1v) is 8.17. The fraction of sp³-hybridized carbons (Fsp3) is 0.389. The third-order valence-electron chi connectivity index (χ3n) is 4.52. The summed E-state index contributed by atoms with van der Waals surface area (Å²) >= 11 is 0. The summed E-state index contributed by atoms with van der Waals surface area (Å²) in [6.07, 6.45) is 3.44. The van der Waals surface area contributed by atoms with Gasteiger partial charge in [0.05, 0.1) is 16.9 Å². The minimum atomic E-state index is -0.764. The summed E-state index contributed by atoms with van der Waals surface area (Å²) in [6.45, 7) is 3.04. The lowest BCUT2D eigenvalue weighted by Crippen LogP contribution is -2.39. The number of carboxylic acids is 1. The van der Waals surface area contributed by atoms with Gasteiger partial charge in [-0.05, 0) is 37.8 Å². The number of aromatic nitrogens is 2. The minimum absolute atomic E-state index is 0.0246. The van der Waals surface area contributed by atoms with Crippen molar-refractivity contribution in [3.63, 3.8) is 0 Å². The Kier molecular flexibility index (Phi) is 4.64. The molecule has 1 N–H and O–H groups in total. The summed E-state index contributed by atoms with van der Waals surface area (Å²) in [5.74, 6) is -0.622. The molecule has 1 aromatic carbocycles. The monoisotopic (exact) mass is 327 g/mol. The number of carbonyl (C=O) groups is 2. The number of aliphatic carboxylic acids is 1. The van der Waals surface area contributed by atoms with Crippen LogP contribution >= 0.6 is 0 Å². The van der Waals surface area contributed by atoms with Crippen LogP contribution in [0, 0.1) is 12.8 Å². The van der Waals surface area contributed by atoms with E-state index in [1.54, 1.807) is 15.8 Å². The first-order chi connectivity index (χ1) is 11.5. The average molecular weight is 327 g/mol. The van der Waals surface area contributed by atoms with E-state index in [-0.39, 0.29) is 18.2 Å². The molecule has 2 aromatic rings. The Hall–Kier alpha value is -2.63. The second-order valence-electron chi connectivity index (χ2n) is 6.24. The van der Waals surface area contributed by atoms with Gasteiger partial charge in [-0.2, -0.15) is 5.10 Å². The summed E-state index contributed by atoms with van der Waals surface area (Å²) in [7, 11) is 0. The van der Waals surface area contributed by atoms with E-state index < -0.39 is 5.97 Å². The highest BCUT2D eigenvalue weighted by Crippen LogP contribution is 2.23. The smallest absolute Gasteiger partial charge is 0.303 e. The van der Waals surface area contributed by atoms with Gasteiger partial charge < -0.3 is 10.0 Å². The third kappa shape index (κ3) is 3.48. The maximum atomic E-state index is 12.8. The van der Waals surface area contributed by atoms with Crippen LogP contribution in [0.15, 0.2) is 36.5 Å². The van der Waals surface area contributed by atoms with Crippen molar-refractivity contribution < 1.29 is 14.7 Å². The predicted molar refractivity (Wildman–Crippen MR) is 89.2 cm³/mol. The standard InChI is InChI=1S/C18H21N3O3/c1-13-16(12-21(19-13)15-5-3-2-4-6-15)18(24)20-9-7-14(8-10-20)11-17(22)23/h2-6,12,14H,7-11H2,1H3,(H,22,23). The fourth-order valence-electron chi connectivity index (χ4n) is 3.14. The number of likely N-dealkylation sites (tertiary alicyclic amines) is 1. The quantitative estimate of drug-likeness (QED) is 0.936. The predicted octanol–water partition coefficient (Wildman–Crippen LogP) is 2.51. The van der Waals surface area contributed by atoms with Crippen LogP contribution in [0.5, 0.6) is 0 Å². The molecule has 1 fully saturated rings. The lowest BCUT2D eigenvalue weighted by Gasteiger charge is -2.31. The van der Waals surface area contributed by atoms with E-state index in [2.05, 4.69) is 5.10 Å². The van der Waals surface area contributed by atoms with Crippen LogP contribution in [0.2, 0.25) is 0 Å². The number of hydrogen-bond donors (Lipinski definition) is 1. The number of carboxylic acid groups (broad SMARTS) is 1. The van der Waals surface area contributed by atoms with Crippen LogP contribution < -0.4 is 0 Å². The van der Waals surface area contributed by atoms with Crippen molar-refractivity contribution in [2.24, 2.45) is 5.92 Å². The zero-order valence-electron chi connectivity index (χ0n) is 13.7. The van der Waals surface area contributed by atoms with Gasteiger partial charge in [-0.25, -0.2) is 4.68 Å². The number of carbonyl (C=O) groups excluding carboxylic acids is 1. The Balaban J connectivity index is 1.70. The van der Waals surface area contributed by atoms with Crippen LogP contribution in [-0.4, -0.2) is 44.8 Å². The molecule has 3 rings (SSSR count). The van der Waals surface area contributed by atoms with Gasteiger partial charge in [0, 0.05) is 25.7 Å². The van der Waals surface area contributed by atoms with Gasteiger partial charge in [0.2, 0.25) is 0 Å². The molecule has 0 atom stereocenters. The van der Waals surface area contributed by atoms with Gasteiger partial charge in [-0.1, -0.05) is 18.2 Å². The van der Waals surface area contributed by atoms with Crippen molar-refractivity contribution in [3.8, 4) is 5.69 Å². The highest BCUT2D eigenvalue weighted by atomic mass is 16.4. The zero-order valence-corrected chi connectivity index (χ0v) is 13.7. The van der Waals surface area contributed by atoms with Gasteiger partial charge in [0.1, 0.15) is 0 Å². The van der Waals surface area contributed by atoms with Gasteiger partial charge in [-0.3, -0.25) is 9.59 Å². The highest BCUT2D eigenvalue weighted by molar-refractivity contribution is 5.95. The largest absolute Gasteiger partial charge is 0.481 e. The van der Waals surface area contributed by atoms with Crippen molar-refractivity contribution in [1.29, 1.82) is 0 Å². The van der Waals surface area contributed by atoms with Crippen LogP contribution in [0.25, 0.3) is 5.69 Å². The third-order valence-corrected chi connectivity index (χ3v) is 4.52. The van der Waals surface area contributed by atoms with Crippen LogP contribution in [0.1, 0.15) is 35.3 Å². The normalized spacial score (nSPS) is 15.5. The van der Waals surface area contributed by atoms with Crippen molar-refractivity contribution in [2.45, 2.75) is 26.2 Å². The van der Waals surface area contributed by atoms with E-state index in [1.807, 2.05) is 37.3 Å². The van der Waals surface area contributed by atoms with Crippen molar-refractivity contribution in [3.05, 3.63) is 47.8 Å². The van der Waals surface area contributed by atoms with E-state index in [0.29, 0.717) is 24.3 Å². The molecular formula is C18H21N3O3. The molecule has 0 spiro atoms. The second kappa shape index (κ2) is 6.86. The summed E-state index contributed by atoms with van der Waals surface area (Å²) in [6, 6.07) is 9.69. The average Bonchev–Trinajstić information content (AvgIpc) is 2.97. The molecule has 0 radical (unpaired) electrons. The lowest BCUT2D eigenvalue weighted by atomic mass is 9.93. The topological polar surface area (TPSA) is 75.4 Å². The zero-order chi connectivity index (χ0) is 17.1. The molecule has 0 bridgehead atoms. The molecule has 1 aliphatic rings. The Morgan fingerprint density at radius 3 is 2.50 bits per heavy atom. The van der Waals surface area contributed by atoms with Crippen molar-refractivity contribution >= 4 is 11.9 Å². The number of aryl methyl sites for hydroxylation is 1. The molecule has 1 aliphatic heterocycles. The number of benzene rings is 1. The van der Waals surface area contributed by atoms with E-state index in [0.717, 1.165) is 18.5 Å². The number of rotatable bonds is 4. The summed E-state index contributed by atoms with van der Waals surface area (Å²) in [5.41, 5.74) is 2.23. The Labute approximate surface area is 140 Å². The first-order valence-electron chi connectivity index (χ1n) is 8.17. The van der Waals surface area contributed by atoms with E-state index in [1.165, 1.54) is 0 Å². The van der Waals surface area contributed by atoms with E-state index in [9.17, 15) is 9.59 Å². The fourth-order valence-corrected chi connectivity index (χ4v) is 3.14. The molecule has 6 heteroatoms. The Morgan fingerprint density at radius 2 is 1.88 bits per heavy atom. The van der Waals surface area contributed by atoms with E-state index in [4.69, 9.17) is 5.11 Å². The Morgan fingerprint density at radius 1 is 1.21 bits per heavy atom. The molecular weight excluding hydrogens is 306 g/mol. The number of amides is 1. The molecule has 0 saturated carbocycles. The van der Waals surface area contributed by atoms with Gasteiger partial charge in [0.15, 0.2) is 0 Å². The molecule has 1 amide bonds. The first kappa shape index (κ1) is 16.2. The summed E-state index contributed by atoms with van der Waals surface area (Å²) < 4.78 is 1.72. The second-order valence-corrected chi connectivity index (χ2v) is 6.24. The molecule has 24 heavy (non-hydrogen) atoms. The summed E-state index contributed by atoms with van der Waals surface area (Å²) in [5, 5.41) is 13.3. The van der Waals surface area contributed by atoms with Crippen LogP contribution in [0.4, 0.5) is 0 Å². The SMILES string of the molecule is Cc1nn(-c2ccccc2)cc1C(=O)N1CCC(CC(=O)O)CC1. The number of piperidine rings is 1. The minimum Gasteiger partial charge on any atom is -0.481 e. The molecule has 0 unspecified atom stereocenters. The molecule has 1 aromatic heterocycles. The van der Waals surface area contributed by atoms with E-state index >= 15 is 0 Å². The van der Waals surface area contributed by atoms with Gasteiger partial charge >= 0.3 is 5.97 Å². The van der Waals surface area contributed by atoms with Gasteiger partial charge in [0.25, 0.3) is 5.91 Å². The van der Waals surface area contributed by atoms with Crippen molar-refractivity contribution in [1.82, 2.24) is 14.7 Å². The molecule has 126 valence electrons. The van der Waals surface area contributed by atoms with Crippen molar-refractivity contribution in [2.75, 3.05) is 13.1 Å². The molecule has 6 nitrogen and oxygen atoms in total. The highest BCUT2D eigenvalue weighted by Gasteiger charge is 2.26. The number of hydrogen-bond acceptors (Lipinski definition) is 3. The Bertz CT molecular complexity index is 731. The maximum absolute atomic E-state index is 12.8. The summed E-state index contributed by atoms with van der Waals surface area (Å²) in [4.78, 5) is 25.3. The molecule has 0 aliphatic carbocycles. The molecule has 2 heterocycles. The molecule has 1 saturated heterocycles. The number of nitrogens with zero attached hydrogens (tertiary/aromatic N) is 3. The van der Waals surface area contributed by atoms with Crippen LogP contribution in [0.3, 0.4) is 0 Å². The van der Waals surface area contributed by atoms with Gasteiger partial charge in [-0.15, -0.1) is 0 Å². The van der Waals surface area contributed by atoms with Crippen LogP contribution in [-0.2, 0) is 4.79 Å². The number of para-hydroxylation sites is 1. The maximum Gasteiger partial charge on any atom is 0.303 e. The lowest BCUT2D eigenvalue weighted by molar-refractivity contribution is -0.138.